The number of H-pyrrole nitrogens is 1. The van der Waals surface area contributed by atoms with Crippen molar-refractivity contribution in [3.63, 3.8) is 0 Å². The first kappa shape index (κ1) is 26.1. The van der Waals surface area contributed by atoms with Crippen molar-refractivity contribution in [2.75, 3.05) is 19.6 Å². The Morgan fingerprint density at radius 2 is 1.94 bits per heavy atom. The van der Waals surface area contributed by atoms with Crippen LogP contribution in [0, 0.1) is 0 Å². The van der Waals surface area contributed by atoms with E-state index in [2.05, 4.69) is 35.1 Å². The lowest BCUT2D eigenvalue weighted by Gasteiger charge is -2.29. The Balaban J connectivity index is 0.000000287. The molecule has 2 aliphatic rings. The first-order valence-electron chi connectivity index (χ1n) is 10.9. The van der Waals surface area contributed by atoms with Crippen LogP contribution in [0.3, 0.4) is 0 Å². The summed E-state index contributed by atoms with van der Waals surface area (Å²) in [5, 5.41) is 5.36. The number of aromatic nitrogens is 2. The number of likely N-dealkylation sites (tertiary alicyclic amines) is 1. The number of carbonyl (C=O) groups is 2. The summed E-state index contributed by atoms with van der Waals surface area (Å²) in [6.07, 6.45) is 15.6. The lowest BCUT2D eigenvalue weighted by atomic mass is 9.91. The predicted octanol–water partition coefficient (Wildman–Crippen LogP) is 2.85. The van der Waals surface area contributed by atoms with Crippen LogP contribution in [0.2, 0.25) is 0 Å². The van der Waals surface area contributed by atoms with Gasteiger partial charge in [-0.2, -0.15) is 0 Å². The number of rotatable bonds is 6. The van der Waals surface area contributed by atoms with Gasteiger partial charge in [0.1, 0.15) is 6.54 Å². The second kappa shape index (κ2) is 12.8. The summed E-state index contributed by atoms with van der Waals surface area (Å²) in [5.74, 6) is 0.0338. The third-order valence-corrected chi connectivity index (χ3v) is 5.40. The molecule has 9 nitrogen and oxygen atoms in total. The number of aromatic amines is 1. The molecule has 0 unspecified atom stereocenters. The zero-order valence-corrected chi connectivity index (χ0v) is 19.5. The van der Waals surface area contributed by atoms with Crippen molar-refractivity contribution in [1.29, 1.82) is 0 Å². The molecule has 9 heteroatoms. The van der Waals surface area contributed by atoms with E-state index in [9.17, 15) is 14.4 Å². The van der Waals surface area contributed by atoms with Crippen LogP contribution >= 0.6 is 0 Å². The van der Waals surface area contributed by atoms with Gasteiger partial charge in [0, 0.05) is 31.0 Å². The number of nitrogens with two attached hydrogens (primary N) is 1. The molecule has 2 aliphatic heterocycles. The molecule has 1 saturated heterocycles. The maximum atomic E-state index is 12.2. The molecule has 3 amide bonds. The Labute approximate surface area is 199 Å². The zero-order valence-electron chi connectivity index (χ0n) is 19.5. The highest BCUT2D eigenvalue weighted by atomic mass is 16.2. The Hall–Kier alpha value is -4.14. The molecule has 1 aromatic rings. The number of hydrogen-bond acceptors (Lipinski definition) is 4. The molecule has 180 valence electrons. The van der Waals surface area contributed by atoms with Gasteiger partial charge in [-0.3, -0.25) is 24.4 Å². The third-order valence-electron chi connectivity index (χ3n) is 5.40. The monoisotopic (exact) mass is 464 g/mol. The summed E-state index contributed by atoms with van der Waals surface area (Å²) in [5.41, 5.74) is 8.16. The quantitative estimate of drug-likeness (QED) is 0.561. The van der Waals surface area contributed by atoms with Crippen molar-refractivity contribution < 1.29 is 9.59 Å². The number of allylic oxidation sites excluding steroid dienone is 8. The van der Waals surface area contributed by atoms with Crippen LogP contribution in [-0.4, -0.2) is 52.0 Å². The minimum absolute atomic E-state index is 0.0919. The molecule has 3 heterocycles. The minimum Gasteiger partial charge on any atom is -0.351 e. The fraction of sp³-hybridized carbons (Fsp3) is 0.280. The Morgan fingerprint density at radius 3 is 2.53 bits per heavy atom. The van der Waals surface area contributed by atoms with E-state index in [4.69, 9.17) is 5.73 Å². The fourth-order valence-electron chi connectivity index (χ4n) is 3.47. The van der Waals surface area contributed by atoms with Gasteiger partial charge in [0.25, 0.3) is 5.56 Å². The highest BCUT2D eigenvalue weighted by molar-refractivity contribution is 6.11. The molecule has 1 fully saturated rings. The van der Waals surface area contributed by atoms with E-state index in [-0.39, 0.29) is 23.9 Å². The topological polar surface area (TPSA) is 126 Å². The molecule has 0 atom stereocenters. The van der Waals surface area contributed by atoms with Crippen LogP contribution in [0.15, 0.2) is 83.9 Å². The van der Waals surface area contributed by atoms with Gasteiger partial charge in [0.05, 0.1) is 11.4 Å². The van der Waals surface area contributed by atoms with E-state index in [1.165, 1.54) is 0 Å². The normalized spacial score (nSPS) is 16.7. The van der Waals surface area contributed by atoms with Crippen LogP contribution in [-0.2, 0) is 4.79 Å². The summed E-state index contributed by atoms with van der Waals surface area (Å²) < 4.78 is 1.69. The van der Waals surface area contributed by atoms with Crippen LogP contribution < -0.4 is 16.6 Å². The van der Waals surface area contributed by atoms with Gasteiger partial charge >= 0.3 is 6.03 Å². The van der Waals surface area contributed by atoms with Crippen molar-refractivity contribution in [3.05, 3.63) is 90.1 Å². The number of piperidine rings is 1. The van der Waals surface area contributed by atoms with Crippen molar-refractivity contribution in [3.8, 4) is 0 Å². The fourth-order valence-corrected chi connectivity index (χ4v) is 3.47. The van der Waals surface area contributed by atoms with E-state index in [1.54, 1.807) is 34.0 Å². The highest BCUT2D eigenvalue weighted by Crippen LogP contribution is 2.26. The Kier molecular flexibility index (Phi) is 9.82. The molecule has 3 rings (SSSR count). The number of primary amides is 1. The molecule has 0 bridgehead atoms. The SMILES string of the molecule is C=C/C(=C\C=C/C)n1cc(C2CCN(C(N)=O)CC2)c(=O)[nH]1.C=CC(=C)C1=NCC(=O)NC=C1. The number of amides is 3. The van der Waals surface area contributed by atoms with Gasteiger partial charge in [0.2, 0.25) is 5.91 Å². The van der Waals surface area contributed by atoms with Gasteiger partial charge in [-0.05, 0) is 49.5 Å². The van der Waals surface area contributed by atoms with Crippen molar-refractivity contribution in [1.82, 2.24) is 20.0 Å². The van der Waals surface area contributed by atoms with E-state index in [0.717, 1.165) is 29.7 Å². The molecular formula is C25H32N6O3. The second-order valence-electron chi connectivity index (χ2n) is 7.65. The lowest BCUT2D eigenvalue weighted by molar-refractivity contribution is -0.118. The molecular weight excluding hydrogens is 432 g/mol. The van der Waals surface area contributed by atoms with Crippen molar-refractivity contribution in [2.45, 2.75) is 25.7 Å². The number of hydrogen-bond donors (Lipinski definition) is 3. The number of nitrogens with one attached hydrogen (secondary N) is 2. The summed E-state index contributed by atoms with van der Waals surface area (Å²) >= 11 is 0. The molecule has 0 spiro atoms. The average Bonchev–Trinajstić information content (AvgIpc) is 3.08. The van der Waals surface area contributed by atoms with Gasteiger partial charge < -0.3 is 16.0 Å². The summed E-state index contributed by atoms with van der Waals surface area (Å²) in [6, 6.07) is -0.395. The Morgan fingerprint density at radius 1 is 1.24 bits per heavy atom. The van der Waals surface area contributed by atoms with E-state index < -0.39 is 6.03 Å². The summed E-state index contributed by atoms with van der Waals surface area (Å²) in [7, 11) is 0. The van der Waals surface area contributed by atoms with Gasteiger partial charge in [0.15, 0.2) is 0 Å². The van der Waals surface area contributed by atoms with E-state index >= 15 is 0 Å². The Bertz CT molecular complexity index is 1110. The molecule has 0 aliphatic carbocycles. The number of aliphatic imine (C=N–C) groups is 1. The number of urea groups is 1. The second-order valence-corrected chi connectivity index (χ2v) is 7.65. The molecule has 0 radical (unpaired) electrons. The zero-order chi connectivity index (χ0) is 25.1. The number of carbonyl (C=O) groups excluding carboxylic acids is 2. The maximum absolute atomic E-state index is 12.2. The number of nitrogens with zero attached hydrogens (tertiary/aromatic N) is 3. The van der Waals surface area contributed by atoms with Crippen molar-refractivity contribution >= 4 is 23.3 Å². The predicted molar refractivity (Wildman–Crippen MR) is 136 cm³/mol. The van der Waals surface area contributed by atoms with E-state index in [0.29, 0.717) is 18.8 Å². The average molecular weight is 465 g/mol. The smallest absolute Gasteiger partial charge is 0.314 e. The molecule has 1 aromatic heterocycles. The van der Waals surface area contributed by atoms with Crippen LogP contribution in [0.5, 0.6) is 0 Å². The van der Waals surface area contributed by atoms with Crippen LogP contribution in [0.4, 0.5) is 4.79 Å². The van der Waals surface area contributed by atoms with Crippen LogP contribution in [0.25, 0.3) is 5.70 Å². The molecule has 34 heavy (non-hydrogen) atoms. The van der Waals surface area contributed by atoms with E-state index in [1.807, 2.05) is 31.3 Å². The minimum atomic E-state index is -0.395. The highest BCUT2D eigenvalue weighted by Gasteiger charge is 2.25. The molecule has 0 aromatic carbocycles. The maximum Gasteiger partial charge on any atom is 0.314 e. The third kappa shape index (κ3) is 7.19. The van der Waals surface area contributed by atoms with Gasteiger partial charge in [-0.1, -0.05) is 38.0 Å². The first-order valence-corrected chi connectivity index (χ1v) is 10.9. The molecule has 0 saturated carbocycles. The van der Waals surface area contributed by atoms with Crippen LogP contribution in [0.1, 0.15) is 31.2 Å². The van der Waals surface area contributed by atoms with Crippen molar-refractivity contribution in [2.24, 2.45) is 10.7 Å². The van der Waals surface area contributed by atoms with Gasteiger partial charge in [-0.15, -0.1) is 0 Å². The standard InChI is InChI=1S/C16H22N4O2.C9H10N2O/c1-3-5-6-13(4-2)20-11-14(15(21)18-20)12-7-9-19(10-8-12)16(17)22;1-3-7(2)8-4-5-10-9(12)6-11-8/h3-6,11-12H,2,7-10H2,1H3,(H2,17,22)(H,18,21);3-5H,1-2,6H2,(H,10,12)/b5-3-,13-6+;. The summed E-state index contributed by atoms with van der Waals surface area (Å²) in [4.78, 5) is 39.8. The largest absolute Gasteiger partial charge is 0.351 e. The summed E-state index contributed by atoms with van der Waals surface area (Å²) in [6.45, 7) is 14.3. The first-order chi connectivity index (χ1) is 16.3. The molecule has 4 N–H and O–H groups in total. The van der Waals surface area contributed by atoms with Gasteiger partial charge in [-0.25, -0.2) is 4.79 Å². The lowest BCUT2D eigenvalue weighted by Crippen LogP contribution is -2.41.